The van der Waals surface area contributed by atoms with Crippen molar-refractivity contribution in [1.82, 2.24) is 13.8 Å². The van der Waals surface area contributed by atoms with Gasteiger partial charge in [0.15, 0.2) is 0 Å². The van der Waals surface area contributed by atoms with Gasteiger partial charge in [0.1, 0.15) is 0 Å². The van der Waals surface area contributed by atoms with Crippen molar-refractivity contribution in [2.24, 2.45) is 0 Å². The zero-order chi connectivity index (χ0) is 27.4. The zero-order valence-electron chi connectivity index (χ0n) is 22.6. The van der Waals surface area contributed by atoms with Crippen molar-refractivity contribution >= 4 is 65.7 Å². The van der Waals surface area contributed by atoms with Crippen molar-refractivity contribution in [2.75, 3.05) is 0 Å². The molecule has 0 unspecified atom stereocenters. The molecule has 0 amide bonds. The molecular weight excluding hydrogens is 510 g/mol. The van der Waals surface area contributed by atoms with Crippen LogP contribution >= 0.6 is 0 Å². The summed E-state index contributed by atoms with van der Waals surface area (Å²) < 4.78 is 4.74. The van der Waals surface area contributed by atoms with Gasteiger partial charge in [0.2, 0.25) is 5.78 Å². The molecule has 0 N–H and O–H groups in total. The maximum atomic E-state index is 5.26. The SMILES string of the molecule is c1ccc(-c2ccc(-c3cc4c5cc6ccccc6cc5n5c4c(c3)n3c4cc6ccccc6cc4nc35)cc2)cc1. The molecule has 194 valence electrons. The molecule has 0 atom stereocenters. The Hall–Kier alpha value is -5.67. The Morgan fingerprint density at radius 3 is 1.67 bits per heavy atom. The fraction of sp³-hybridized carbons (Fsp3) is 0. The van der Waals surface area contributed by atoms with Crippen LogP contribution in [0.25, 0.3) is 87.9 Å². The molecule has 3 heterocycles. The van der Waals surface area contributed by atoms with Crippen molar-refractivity contribution < 1.29 is 0 Å². The van der Waals surface area contributed by atoms with Crippen LogP contribution in [0.4, 0.5) is 0 Å². The fourth-order valence-electron chi connectivity index (χ4n) is 6.98. The molecule has 0 saturated carbocycles. The molecule has 0 radical (unpaired) electrons. The van der Waals surface area contributed by atoms with Crippen LogP contribution in [0, 0.1) is 0 Å². The zero-order valence-corrected chi connectivity index (χ0v) is 22.6. The van der Waals surface area contributed by atoms with Gasteiger partial charge in [-0.2, -0.15) is 0 Å². The van der Waals surface area contributed by atoms with E-state index in [1.807, 2.05) is 0 Å². The number of fused-ring (bicyclic) bond motifs is 10. The Morgan fingerprint density at radius 1 is 0.381 bits per heavy atom. The lowest BCUT2D eigenvalue weighted by atomic mass is 9.98. The molecule has 10 rings (SSSR count). The van der Waals surface area contributed by atoms with Crippen LogP contribution in [0.2, 0.25) is 0 Å². The number of nitrogens with zero attached hydrogens (tertiary/aromatic N) is 3. The minimum atomic E-state index is 0.960. The van der Waals surface area contributed by atoms with E-state index in [1.165, 1.54) is 71.1 Å². The van der Waals surface area contributed by atoms with Gasteiger partial charge in [-0.25, -0.2) is 4.98 Å². The quantitative estimate of drug-likeness (QED) is 0.217. The number of rotatable bonds is 2. The maximum absolute atomic E-state index is 5.26. The number of aromatic nitrogens is 3. The second-order valence-electron chi connectivity index (χ2n) is 11.3. The summed E-state index contributed by atoms with van der Waals surface area (Å²) in [7, 11) is 0. The van der Waals surface area contributed by atoms with Crippen molar-refractivity contribution in [1.29, 1.82) is 0 Å². The van der Waals surface area contributed by atoms with E-state index in [1.54, 1.807) is 0 Å². The second-order valence-corrected chi connectivity index (χ2v) is 11.3. The summed E-state index contributed by atoms with van der Waals surface area (Å²) in [5.74, 6) is 0.960. The predicted octanol–water partition coefficient (Wildman–Crippen LogP) is 10.1. The highest BCUT2D eigenvalue weighted by Crippen LogP contribution is 2.41. The largest absolute Gasteiger partial charge is 0.277 e. The molecule has 0 aliphatic rings. The van der Waals surface area contributed by atoms with Crippen LogP contribution in [0.3, 0.4) is 0 Å². The van der Waals surface area contributed by atoms with E-state index in [4.69, 9.17) is 4.98 Å². The second kappa shape index (κ2) is 7.96. The van der Waals surface area contributed by atoms with Gasteiger partial charge in [-0.15, -0.1) is 0 Å². The number of hydrogen-bond donors (Lipinski definition) is 0. The van der Waals surface area contributed by atoms with Gasteiger partial charge in [0.05, 0.1) is 27.6 Å². The van der Waals surface area contributed by atoms with Crippen LogP contribution in [-0.2, 0) is 0 Å². The summed E-state index contributed by atoms with van der Waals surface area (Å²) in [4.78, 5) is 5.26. The summed E-state index contributed by atoms with van der Waals surface area (Å²) >= 11 is 0. The average molecular weight is 534 g/mol. The first-order valence-corrected chi connectivity index (χ1v) is 14.4. The molecular formula is C39H23N3. The first kappa shape index (κ1) is 22.1. The highest BCUT2D eigenvalue weighted by Gasteiger charge is 2.22. The minimum Gasteiger partial charge on any atom is -0.277 e. The Kier molecular flexibility index (Phi) is 4.18. The summed E-state index contributed by atoms with van der Waals surface area (Å²) in [6.07, 6.45) is 0. The third kappa shape index (κ3) is 2.92. The minimum absolute atomic E-state index is 0.960. The third-order valence-electron chi connectivity index (χ3n) is 8.98. The molecule has 0 spiro atoms. The van der Waals surface area contributed by atoms with Crippen molar-refractivity contribution in [3.05, 3.63) is 140 Å². The van der Waals surface area contributed by atoms with E-state index < -0.39 is 0 Å². The van der Waals surface area contributed by atoms with E-state index in [-0.39, 0.29) is 0 Å². The van der Waals surface area contributed by atoms with Crippen molar-refractivity contribution in [2.45, 2.75) is 0 Å². The molecule has 3 nitrogen and oxygen atoms in total. The van der Waals surface area contributed by atoms with Crippen LogP contribution in [0.15, 0.2) is 140 Å². The predicted molar refractivity (Wildman–Crippen MR) is 176 cm³/mol. The molecule has 0 aliphatic heterocycles. The van der Waals surface area contributed by atoms with Crippen LogP contribution < -0.4 is 0 Å². The Labute approximate surface area is 240 Å². The molecule has 10 aromatic rings. The molecule has 0 aliphatic carbocycles. The van der Waals surface area contributed by atoms with E-state index in [0.717, 1.165) is 16.8 Å². The van der Waals surface area contributed by atoms with Crippen LogP contribution in [-0.4, -0.2) is 13.8 Å². The smallest absolute Gasteiger partial charge is 0.220 e. The number of benzene rings is 7. The number of hydrogen-bond acceptors (Lipinski definition) is 1. The van der Waals surface area contributed by atoms with Crippen LogP contribution in [0.1, 0.15) is 0 Å². The van der Waals surface area contributed by atoms with Gasteiger partial charge in [0.25, 0.3) is 0 Å². The summed E-state index contributed by atoms with van der Waals surface area (Å²) in [6.45, 7) is 0. The first-order chi connectivity index (χ1) is 20.8. The van der Waals surface area contributed by atoms with Crippen LogP contribution in [0.5, 0.6) is 0 Å². The van der Waals surface area contributed by atoms with Gasteiger partial charge >= 0.3 is 0 Å². The lowest BCUT2D eigenvalue weighted by Gasteiger charge is -2.07. The molecule has 0 bridgehead atoms. The monoisotopic (exact) mass is 533 g/mol. The van der Waals surface area contributed by atoms with E-state index >= 15 is 0 Å². The van der Waals surface area contributed by atoms with E-state index in [0.29, 0.717) is 0 Å². The summed E-state index contributed by atoms with van der Waals surface area (Å²) in [6, 6.07) is 50.6. The summed E-state index contributed by atoms with van der Waals surface area (Å²) in [5.41, 5.74) is 10.6. The van der Waals surface area contributed by atoms with Gasteiger partial charge < -0.3 is 0 Å². The topological polar surface area (TPSA) is 21.7 Å². The van der Waals surface area contributed by atoms with Gasteiger partial charge in [-0.3, -0.25) is 8.80 Å². The van der Waals surface area contributed by atoms with E-state index in [2.05, 4.69) is 148 Å². The maximum Gasteiger partial charge on any atom is 0.220 e. The molecule has 3 heteroatoms. The molecule has 42 heavy (non-hydrogen) atoms. The lowest BCUT2D eigenvalue weighted by Crippen LogP contribution is -1.86. The Balaban J connectivity index is 1.33. The highest BCUT2D eigenvalue weighted by atomic mass is 15.2. The molecule has 7 aromatic carbocycles. The first-order valence-electron chi connectivity index (χ1n) is 14.4. The Bertz CT molecular complexity index is 2660. The Morgan fingerprint density at radius 2 is 0.952 bits per heavy atom. The normalized spacial score (nSPS) is 12.3. The standard InChI is InChI=1S/C39H23N3/c1-2-8-24(9-3-1)25-14-16-26(17-15-25)31-19-33-32-18-27-10-4-6-12-29(27)21-35(32)42-38(33)37(23-31)41-36-22-30-13-7-5-11-28(30)20-34(36)40-39(41)42/h1-23H. The third-order valence-corrected chi connectivity index (χ3v) is 8.98. The molecule has 3 aromatic heterocycles. The van der Waals surface area contributed by atoms with Gasteiger partial charge in [0, 0.05) is 10.8 Å². The highest BCUT2D eigenvalue weighted by molar-refractivity contribution is 6.20. The van der Waals surface area contributed by atoms with Crippen molar-refractivity contribution in [3.63, 3.8) is 0 Å². The number of imidazole rings is 2. The van der Waals surface area contributed by atoms with Gasteiger partial charge in [-0.05, 0) is 80.2 Å². The summed E-state index contributed by atoms with van der Waals surface area (Å²) in [5, 5.41) is 7.45. The average Bonchev–Trinajstić information content (AvgIpc) is 3.68. The fourth-order valence-corrected chi connectivity index (χ4v) is 6.98. The van der Waals surface area contributed by atoms with Gasteiger partial charge in [-0.1, -0.05) is 103 Å². The van der Waals surface area contributed by atoms with Crippen molar-refractivity contribution in [3.8, 4) is 22.3 Å². The lowest BCUT2D eigenvalue weighted by molar-refractivity contribution is 1.22. The molecule has 0 saturated heterocycles. The van der Waals surface area contributed by atoms with E-state index in [9.17, 15) is 0 Å². The molecule has 0 fully saturated rings.